The van der Waals surface area contributed by atoms with Crippen LogP contribution in [0.25, 0.3) is 34.1 Å². The summed E-state index contributed by atoms with van der Waals surface area (Å²) in [7, 11) is 0. The molecule has 9 rings (SSSR count). The third-order valence-electron chi connectivity index (χ3n) is 11.0. The Labute approximate surface area is 325 Å². The van der Waals surface area contributed by atoms with Gasteiger partial charge in [-0.25, -0.2) is 0 Å². The van der Waals surface area contributed by atoms with Crippen LogP contribution in [-0.2, 0) is 5.41 Å². The summed E-state index contributed by atoms with van der Waals surface area (Å²) < 4.78 is 0. The van der Waals surface area contributed by atoms with Crippen LogP contribution in [0, 0.1) is 13.8 Å². The molecular formula is C53H44N2. The summed E-state index contributed by atoms with van der Waals surface area (Å²) in [5.74, 6) is 0. The molecule has 0 fully saturated rings. The van der Waals surface area contributed by atoms with E-state index in [0.717, 1.165) is 28.3 Å². The van der Waals surface area contributed by atoms with Crippen LogP contribution in [0.5, 0.6) is 0 Å². The number of hydrogen-bond acceptors (Lipinski definition) is 2. The maximum Gasteiger partial charge on any atom is 0.0468 e. The van der Waals surface area contributed by atoms with Crippen LogP contribution in [-0.4, -0.2) is 0 Å². The molecule has 1 aliphatic rings. The average Bonchev–Trinajstić information content (AvgIpc) is 3.43. The van der Waals surface area contributed by atoms with E-state index in [4.69, 9.17) is 0 Å². The molecule has 1 aliphatic carbocycles. The van der Waals surface area contributed by atoms with Gasteiger partial charge in [-0.3, -0.25) is 0 Å². The standard InChI is InChI=1S/C53H44N2/c1-37-31-38(2)33-48(32-37)55(46-27-24-41-13-11-12-14-42(41)35-46)47-28-30-50-49-29-23-40(34-51(49)53(3,4)52(50)36-47)20-19-39-21-25-45(26-22-39)54(43-15-7-5-8-16-43)44-17-9-6-10-18-44/h5-36H,1-4H3. The number of aryl methyl sites for hydroxylation is 2. The second-order valence-corrected chi connectivity index (χ2v) is 15.3. The Morgan fingerprint density at radius 3 is 1.51 bits per heavy atom. The molecule has 0 atom stereocenters. The summed E-state index contributed by atoms with van der Waals surface area (Å²) in [6, 6.07) is 66.2. The topological polar surface area (TPSA) is 6.48 Å². The maximum atomic E-state index is 2.42. The minimum atomic E-state index is -0.165. The van der Waals surface area contributed by atoms with E-state index in [-0.39, 0.29) is 5.41 Å². The van der Waals surface area contributed by atoms with Crippen molar-refractivity contribution in [2.45, 2.75) is 33.1 Å². The van der Waals surface area contributed by atoms with Crippen LogP contribution in [0.1, 0.15) is 47.2 Å². The smallest absolute Gasteiger partial charge is 0.0468 e. The molecule has 0 aromatic heterocycles. The summed E-state index contributed by atoms with van der Waals surface area (Å²) in [6.07, 6.45) is 4.47. The van der Waals surface area contributed by atoms with E-state index in [1.54, 1.807) is 0 Å². The van der Waals surface area contributed by atoms with Crippen molar-refractivity contribution >= 4 is 57.0 Å². The summed E-state index contributed by atoms with van der Waals surface area (Å²) in [5.41, 5.74) is 17.0. The van der Waals surface area contributed by atoms with Gasteiger partial charge in [0.2, 0.25) is 0 Å². The van der Waals surface area contributed by atoms with Gasteiger partial charge >= 0.3 is 0 Å². The van der Waals surface area contributed by atoms with Gasteiger partial charge in [-0.15, -0.1) is 0 Å². The molecular weight excluding hydrogens is 665 g/mol. The Bertz CT molecular complexity index is 2630. The van der Waals surface area contributed by atoms with Crippen LogP contribution in [0.4, 0.5) is 34.1 Å². The number of rotatable bonds is 8. The molecule has 8 aromatic carbocycles. The third kappa shape index (κ3) is 6.51. The number of nitrogens with zero attached hydrogens (tertiary/aromatic N) is 2. The lowest BCUT2D eigenvalue weighted by molar-refractivity contribution is 0.660. The zero-order chi connectivity index (χ0) is 37.5. The summed E-state index contributed by atoms with van der Waals surface area (Å²) >= 11 is 0. The molecule has 0 bridgehead atoms. The van der Waals surface area contributed by atoms with Gasteiger partial charge in [0, 0.05) is 39.5 Å². The van der Waals surface area contributed by atoms with Crippen molar-refractivity contribution in [2.75, 3.05) is 9.80 Å². The van der Waals surface area contributed by atoms with Gasteiger partial charge in [0.15, 0.2) is 0 Å². The molecule has 0 N–H and O–H groups in total. The number of benzene rings is 8. The molecule has 0 saturated carbocycles. The Hall–Kier alpha value is -6.64. The first kappa shape index (κ1) is 34.1. The normalized spacial score (nSPS) is 12.8. The van der Waals surface area contributed by atoms with Gasteiger partial charge in [-0.2, -0.15) is 0 Å². The Kier molecular flexibility index (Phi) is 8.67. The Balaban J connectivity index is 1.02. The van der Waals surface area contributed by atoms with Gasteiger partial charge in [-0.1, -0.05) is 135 Å². The van der Waals surface area contributed by atoms with Crippen LogP contribution in [0.15, 0.2) is 182 Å². The van der Waals surface area contributed by atoms with Gasteiger partial charge in [0.25, 0.3) is 0 Å². The lowest BCUT2D eigenvalue weighted by Crippen LogP contribution is -2.17. The van der Waals surface area contributed by atoms with E-state index in [9.17, 15) is 0 Å². The van der Waals surface area contributed by atoms with Crippen molar-refractivity contribution in [3.05, 3.63) is 215 Å². The monoisotopic (exact) mass is 708 g/mol. The van der Waals surface area contributed by atoms with Crippen molar-refractivity contribution < 1.29 is 0 Å². The quantitative estimate of drug-likeness (QED) is 0.145. The molecule has 0 spiro atoms. The van der Waals surface area contributed by atoms with E-state index in [0.29, 0.717) is 0 Å². The summed E-state index contributed by atoms with van der Waals surface area (Å²) in [4.78, 5) is 4.71. The minimum absolute atomic E-state index is 0.165. The van der Waals surface area contributed by atoms with E-state index < -0.39 is 0 Å². The SMILES string of the molecule is Cc1cc(C)cc(N(c2ccc3c(c2)C(C)(C)c2cc(C=Cc4ccc(N(c5ccccc5)c5ccccc5)cc4)ccc2-3)c2ccc3ccccc3c2)c1. The molecule has 0 saturated heterocycles. The molecule has 0 radical (unpaired) electrons. The average molecular weight is 709 g/mol. The minimum Gasteiger partial charge on any atom is -0.311 e. The predicted molar refractivity (Wildman–Crippen MR) is 236 cm³/mol. The number of anilines is 6. The number of para-hydroxylation sites is 2. The fraction of sp³-hybridized carbons (Fsp3) is 0.0943. The zero-order valence-corrected chi connectivity index (χ0v) is 31.9. The highest BCUT2D eigenvalue weighted by molar-refractivity contribution is 5.91. The molecule has 2 nitrogen and oxygen atoms in total. The van der Waals surface area contributed by atoms with Crippen LogP contribution in [0.2, 0.25) is 0 Å². The second-order valence-electron chi connectivity index (χ2n) is 15.3. The first-order chi connectivity index (χ1) is 26.8. The van der Waals surface area contributed by atoms with E-state index >= 15 is 0 Å². The fourth-order valence-corrected chi connectivity index (χ4v) is 8.36. The molecule has 2 heteroatoms. The first-order valence-electron chi connectivity index (χ1n) is 19.2. The van der Waals surface area contributed by atoms with Crippen LogP contribution < -0.4 is 9.80 Å². The third-order valence-corrected chi connectivity index (χ3v) is 11.0. The second kappa shape index (κ2) is 14.0. The molecule has 8 aromatic rings. The fourth-order valence-electron chi connectivity index (χ4n) is 8.36. The molecule has 266 valence electrons. The summed E-state index contributed by atoms with van der Waals surface area (Å²) in [5, 5.41) is 2.48. The predicted octanol–water partition coefficient (Wildman–Crippen LogP) is 14.9. The Morgan fingerprint density at radius 1 is 0.364 bits per heavy atom. The highest BCUT2D eigenvalue weighted by atomic mass is 15.1. The van der Waals surface area contributed by atoms with E-state index in [2.05, 4.69) is 232 Å². The zero-order valence-electron chi connectivity index (χ0n) is 31.9. The molecule has 0 amide bonds. The van der Waals surface area contributed by atoms with Crippen LogP contribution >= 0.6 is 0 Å². The summed E-state index contributed by atoms with van der Waals surface area (Å²) in [6.45, 7) is 9.11. The van der Waals surface area contributed by atoms with Crippen molar-refractivity contribution in [3.8, 4) is 11.1 Å². The van der Waals surface area contributed by atoms with Crippen molar-refractivity contribution in [1.82, 2.24) is 0 Å². The van der Waals surface area contributed by atoms with Crippen molar-refractivity contribution in [3.63, 3.8) is 0 Å². The highest BCUT2D eigenvalue weighted by Gasteiger charge is 2.36. The molecule has 55 heavy (non-hydrogen) atoms. The van der Waals surface area contributed by atoms with E-state index in [1.165, 1.54) is 61.1 Å². The number of fused-ring (bicyclic) bond motifs is 4. The van der Waals surface area contributed by atoms with Gasteiger partial charge in [0.1, 0.15) is 0 Å². The van der Waals surface area contributed by atoms with Gasteiger partial charge in [-0.05, 0) is 142 Å². The number of hydrogen-bond donors (Lipinski definition) is 0. The van der Waals surface area contributed by atoms with E-state index in [1.807, 2.05) is 0 Å². The van der Waals surface area contributed by atoms with Crippen molar-refractivity contribution in [2.24, 2.45) is 0 Å². The van der Waals surface area contributed by atoms with Gasteiger partial charge < -0.3 is 9.80 Å². The Morgan fingerprint density at radius 2 is 0.836 bits per heavy atom. The largest absolute Gasteiger partial charge is 0.311 e. The lowest BCUT2D eigenvalue weighted by atomic mass is 9.81. The van der Waals surface area contributed by atoms with Gasteiger partial charge in [0.05, 0.1) is 0 Å². The highest BCUT2D eigenvalue weighted by Crippen LogP contribution is 2.51. The molecule has 0 unspecified atom stereocenters. The molecule has 0 heterocycles. The first-order valence-corrected chi connectivity index (χ1v) is 19.2. The van der Waals surface area contributed by atoms with Crippen LogP contribution in [0.3, 0.4) is 0 Å². The van der Waals surface area contributed by atoms with Crippen molar-refractivity contribution in [1.29, 1.82) is 0 Å². The maximum absolute atomic E-state index is 2.42. The lowest BCUT2D eigenvalue weighted by Gasteiger charge is -2.29. The molecule has 0 aliphatic heterocycles.